The molecule has 0 bridgehead atoms. The van der Waals surface area contributed by atoms with Crippen LogP contribution in [-0.4, -0.2) is 50.7 Å². The first-order valence-corrected chi connectivity index (χ1v) is 8.56. The lowest BCUT2D eigenvalue weighted by Crippen LogP contribution is -2.47. The van der Waals surface area contributed by atoms with E-state index >= 15 is 0 Å². The first-order chi connectivity index (χ1) is 10.5. The molecule has 2 aliphatic heterocycles. The van der Waals surface area contributed by atoms with Crippen molar-refractivity contribution in [2.24, 2.45) is 7.05 Å². The molecule has 0 aromatic carbocycles. The van der Waals surface area contributed by atoms with Gasteiger partial charge in [0.2, 0.25) is 5.91 Å². The number of rotatable bonds is 3. The molecular weight excluding hydrogens is 300 g/mol. The van der Waals surface area contributed by atoms with Crippen molar-refractivity contribution in [1.29, 1.82) is 0 Å². The summed E-state index contributed by atoms with van der Waals surface area (Å²) in [6.07, 6.45) is 4.62. The van der Waals surface area contributed by atoms with Crippen molar-refractivity contribution in [2.45, 2.75) is 58.2 Å². The molecule has 0 aliphatic carbocycles. The average Bonchev–Trinajstić information content (AvgIpc) is 3.15. The van der Waals surface area contributed by atoms with E-state index in [-0.39, 0.29) is 5.91 Å². The number of aromatic nitrogens is 2. The SMILES string of the molecule is CC(=O)N1CCCC1C1CCCN1Cc1c(C)nn(C)c1Cl. The zero-order chi connectivity index (χ0) is 15.9. The minimum absolute atomic E-state index is 0.213. The number of hydrogen-bond donors (Lipinski definition) is 0. The van der Waals surface area contributed by atoms with E-state index in [1.54, 1.807) is 11.6 Å². The van der Waals surface area contributed by atoms with E-state index in [1.807, 2.05) is 14.0 Å². The zero-order valence-electron chi connectivity index (χ0n) is 13.7. The zero-order valence-corrected chi connectivity index (χ0v) is 14.4. The normalized spacial score (nSPS) is 26.1. The largest absolute Gasteiger partial charge is 0.338 e. The van der Waals surface area contributed by atoms with Crippen molar-refractivity contribution in [3.63, 3.8) is 0 Å². The Hall–Kier alpha value is -1.07. The van der Waals surface area contributed by atoms with Crippen LogP contribution in [0.25, 0.3) is 0 Å². The van der Waals surface area contributed by atoms with Crippen LogP contribution in [0.2, 0.25) is 5.15 Å². The Bertz CT molecular complexity index is 571. The van der Waals surface area contributed by atoms with Crippen molar-refractivity contribution >= 4 is 17.5 Å². The molecule has 5 nitrogen and oxygen atoms in total. The van der Waals surface area contributed by atoms with Crippen LogP contribution in [0, 0.1) is 6.92 Å². The number of amides is 1. The van der Waals surface area contributed by atoms with Crippen LogP contribution < -0.4 is 0 Å². The van der Waals surface area contributed by atoms with Crippen LogP contribution in [0.3, 0.4) is 0 Å². The van der Waals surface area contributed by atoms with E-state index in [0.29, 0.717) is 12.1 Å². The van der Waals surface area contributed by atoms with Crippen LogP contribution in [-0.2, 0) is 18.4 Å². The quantitative estimate of drug-likeness (QED) is 0.857. The molecule has 1 aromatic rings. The topological polar surface area (TPSA) is 41.4 Å². The summed E-state index contributed by atoms with van der Waals surface area (Å²) in [5, 5.41) is 5.15. The molecule has 0 N–H and O–H groups in total. The van der Waals surface area contributed by atoms with Crippen molar-refractivity contribution < 1.29 is 4.79 Å². The average molecular weight is 325 g/mol. The van der Waals surface area contributed by atoms with Gasteiger partial charge in [-0.15, -0.1) is 0 Å². The van der Waals surface area contributed by atoms with E-state index in [9.17, 15) is 4.79 Å². The van der Waals surface area contributed by atoms with Crippen molar-refractivity contribution in [3.8, 4) is 0 Å². The molecule has 122 valence electrons. The molecule has 0 spiro atoms. The van der Waals surface area contributed by atoms with E-state index in [1.165, 1.54) is 12.8 Å². The number of aryl methyl sites for hydroxylation is 2. The van der Waals surface area contributed by atoms with E-state index in [0.717, 1.165) is 48.9 Å². The Labute approximate surface area is 137 Å². The molecule has 3 heterocycles. The van der Waals surface area contributed by atoms with Gasteiger partial charge in [-0.2, -0.15) is 5.10 Å². The van der Waals surface area contributed by atoms with Gasteiger partial charge >= 0.3 is 0 Å². The van der Waals surface area contributed by atoms with Crippen LogP contribution in [0.4, 0.5) is 0 Å². The highest BCUT2D eigenvalue weighted by atomic mass is 35.5. The number of likely N-dealkylation sites (tertiary alicyclic amines) is 2. The Morgan fingerprint density at radius 2 is 1.95 bits per heavy atom. The molecule has 2 aliphatic rings. The maximum atomic E-state index is 11.9. The van der Waals surface area contributed by atoms with Gasteiger partial charge in [0.1, 0.15) is 5.15 Å². The number of halogens is 1. The van der Waals surface area contributed by atoms with Gasteiger partial charge in [0, 0.05) is 44.7 Å². The predicted molar refractivity (Wildman–Crippen MR) is 86.8 cm³/mol. The Morgan fingerprint density at radius 1 is 1.27 bits per heavy atom. The van der Waals surface area contributed by atoms with Crippen molar-refractivity contribution in [2.75, 3.05) is 13.1 Å². The second-order valence-electron chi connectivity index (χ2n) is 6.58. The Kier molecular flexibility index (Phi) is 4.46. The number of nitrogens with zero attached hydrogens (tertiary/aromatic N) is 4. The van der Waals surface area contributed by atoms with Crippen LogP contribution in [0.1, 0.15) is 43.9 Å². The fraction of sp³-hybridized carbons (Fsp3) is 0.750. The molecule has 3 rings (SSSR count). The molecule has 2 saturated heterocycles. The van der Waals surface area contributed by atoms with E-state index in [4.69, 9.17) is 11.6 Å². The van der Waals surface area contributed by atoms with Gasteiger partial charge in [0.25, 0.3) is 0 Å². The highest BCUT2D eigenvalue weighted by Gasteiger charge is 2.39. The lowest BCUT2D eigenvalue weighted by Gasteiger charge is -2.34. The van der Waals surface area contributed by atoms with Gasteiger partial charge in [-0.25, -0.2) is 0 Å². The molecule has 1 aromatic heterocycles. The second kappa shape index (κ2) is 6.20. The monoisotopic (exact) mass is 324 g/mol. The number of carbonyl (C=O) groups excluding carboxylic acids is 1. The number of hydrogen-bond acceptors (Lipinski definition) is 3. The summed E-state index contributed by atoms with van der Waals surface area (Å²) in [5.41, 5.74) is 2.14. The summed E-state index contributed by atoms with van der Waals surface area (Å²) in [7, 11) is 1.88. The maximum absolute atomic E-state index is 11.9. The van der Waals surface area contributed by atoms with Gasteiger partial charge in [0.15, 0.2) is 0 Å². The Morgan fingerprint density at radius 3 is 2.59 bits per heavy atom. The number of carbonyl (C=O) groups is 1. The molecule has 2 fully saturated rings. The highest BCUT2D eigenvalue weighted by molar-refractivity contribution is 6.30. The predicted octanol–water partition coefficient (Wildman–Crippen LogP) is 2.36. The van der Waals surface area contributed by atoms with Crippen LogP contribution in [0.15, 0.2) is 0 Å². The van der Waals surface area contributed by atoms with Gasteiger partial charge in [0.05, 0.1) is 5.69 Å². The summed E-state index contributed by atoms with van der Waals surface area (Å²) in [4.78, 5) is 16.4. The molecule has 6 heteroatoms. The molecule has 2 unspecified atom stereocenters. The highest BCUT2D eigenvalue weighted by Crippen LogP contribution is 2.32. The lowest BCUT2D eigenvalue weighted by molar-refractivity contribution is -0.130. The van der Waals surface area contributed by atoms with Gasteiger partial charge < -0.3 is 4.90 Å². The lowest BCUT2D eigenvalue weighted by atomic mass is 10.0. The summed E-state index contributed by atoms with van der Waals surface area (Å²) < 4.78 is 1.74. The van der Waals surface area contributed by atoms with E-state index < -0.39 is 0 Å². The molecular formula is C16H25ClN4O. The fourth-order valence-corrected chi connectivity index (χ4v) is 4.36. The standard InChI is InChI=1S/C16H25ClN4O/c1-11-13(16(17)19(3)18-11)10-20-8-4-6-14(20)15-7-5-9-21(15)12(2)22/h14-15H,4-10H2,1-3H3. The third-order valence-corrected chi connectivity index (χ3v) is 5.67. The van der Waals surface area contributed by atoms with Crippen molar-refractivity contribution in [3.05, 3.63) is 16.4 Å². The molecule has 2 atom stereocenters. The molecule has 0 saturated carbocycles. The van der Waals surface area contributed by atoms with Crippen molar-refractivity contribution in [1.82, 2.24) is 19.6 Å². The fourth-order valence-electron chi connectivity index (χ4n) is 4.12. The smallest absolute Gasteiger partial charge is 0.219 e. The first-order valence-electron chi connectivity index (χ1n) is 8.18. The van der Waals surface area contributed by atoms with E-state index in [2.05, 4.69) is 14.9 Å². The van der Waals surface area contributed by atoms with Gasteiger partial charge in [-0.3, -0.25) is 14.4 Å². The first kappa shape index (κ1) is 15.8. The van der Waals surface area contributed by atoms with Crippen LogP contribution in [0.5, 0.6) is 0 Å². The third-order valence-electron chi connectivity index (χ3n) is 5.19. The van der Waals surface area contributed by atoms with Gasteiger partial charge in [-0.05, 0) is 39.2 Å². The summed E-state index contributed by atoms with van der Waals surface area (Å²) in [5.74, 6) is 0.213. The summed E-state index contributed by atoms with van der Waals surface area (Å²) >= 11 is 6.39. The molecule has 22 heavy (non-hydrogen) atoms. The second-order valence-corrected chi connectivity index (χ2v) is 6.94. The minimum atomic E-state index is 0.213. The minimum Gasteiger partial charge on any atom is -0.338 e. The summed E-state index contributed by atoms with van der Waals surface area (Å²) in [6.45, 7) is 6.55. The molecule has 1 amide bonds. The Balaban J connectivity index is 1.77. The van der Waals surface area contributed by atoms with Crippen LogP contribution >= 0.6 is 11.6 Å². The third kappa shape index (κ3) is 2.76. The summed E-state index contributed by atoms with van der Waals surface area (Å²) in [6, 6.07) is 0.831. The maximum Gasteiger partial charge on any atom is 0.219 e. The molecule has 0 radical (unpaired) electrons. The van der Waals surface area contributed by atoms with Gasteiger partial charge in [-0.1, -0.05) is 11.6 Å².